The smallest absolute Gasteiger partial charge is 0.280 e. The van der Waals surface area contributed by atoms with Crippen LogP contribution in [0.4, 0.5) is 8.78 Å². The largest absolute Gasteiger partial charge is 0.289 e. The minimum absolute atomic E-state index is 0.160. The van der Waals surface area contributed by atoms with E-state index in [4.69, 9.17) is 0 Å². The minimum Gasteiger partial charge on any atom is -0.289 e. The summed E-state index contributed by atoms with van der Waals surface area (Å²) in [5.41, 5.74) is 1.65. The van der Waals surface area contributed by atoms with Crippen LogP contribution in [0.3, 0.4) is 0 Å². The fourth-order valence-corrected chi connectivity index (χ4v) is 2.70. The fourth-order valence-electron chi connectivity index (χ4n) is 2.70. The van der Waals surface area contributed by atoms with Crippen molar-refractivity contribution in [3.8, 4) is 5.69 Å². The maximum atomic E-state index is 14.0. The molecule has 6 heteroatoms. The van der Waals surface area contributed by atoms with Crippen LogP contribution in [0, 0.1) is 18.6 Å². The average Bonchev–Trinajstić information content (AvgIpc) is 2.87. The highest BCUT2D eigenvalue weighted by Crippen LogP contribution is 2.22. The molecule has 0 bridgehead atoms. The summed E-state index contributed by atoms with van der Waals surface area (Å²) >= 11 is 0. The summed E-state index contributed by atoms with van der Waals surface area (Å²) in [6, 6.07) is 8.64. The van der Waals surface area contributed by atoms with Crippen LogP contribution < -0.4 is 5.56 Å². The number of nitrogens with one attached hydrogen (secondary N) is 1. The number of halogens is 2. The quantitative estimate of drug-likeness (QED) is 0.585. The summed E-state index contributed by atoms with van der Waals surface area (Å²) < 4.78 is 28.4. The van der Waals surface area contributed by atoms with Crippen LogP contribution in [0.15, 0.2) is 47.4 Å². The first kappa shape index (κ1) is 13.6. The van der Waals surface area contributed by atoms with Gasteiger partial charge in [0.05, 0.1) is 16.4 Å². The first-order chi connectivity index (χ1) is 11.0. The van der Waals surface area contributed by atoms with Crippen molar-refractivity contribution in [2.45, 2.75) is 6.92 Å². The van der Waals surface area contributed by atoms with Gasteiger partial charge in [0, 0.05) is 17.6 Å². The van der Waals surface area contributed by atoms with Crippen molar-refractivity contribution in [2.24, 2.45) is 0 Å². The molecular weight excluding hydrogens is 300 g/mol. The second-order valence-corrected chi connectivity index (χ2v) is 5.42. The van der Waals surface area contributed by atoms with Gasteiger partial charge in [0.1, 0.15) is 17.3 Å². The Balaban J connectivity index is 2.12. The zero-order chi connectivity index (χ0) is 16.1. The van der Waals surface area contributed by atoms with Crippen LogP contribution in [0.25, 0.3) is 27.5 Å². The summed E-state index contributed by atoms with van der Waals surface area (Å²) in [5.74, 6) is -1.31. The van der Waals surface area contributed by atoms with Gasteiger partial charge in [0.25, 0.3) is 5.56 Å². The van der Waals surface area contributed by atoms with Crippen LogP contribution >= 0.6 is 0 Å². The lowest BCUT2D eigenvalue weighted by atomic mass is 10.1. The van der Waals surface area contributed by atoms with Gasteiger partial charge in [-0.3, -0.25) is 14.9 Å². The highest BCUT2D eigenvalue weighted by atomic mass is 19.1. The number of hydrogen-bond acceptors (Lipinski definition) is 2. The molecule has 1 N–H and O–H groups in total. The molecule has 23 heavy (non-hydrogen) atoms. The van der Waals surface area contributed by atoms with Gasteiger partial charge in [0.15, 0.2) is 0 Å². The van der Waals surface area contributed by atoms with E-state index in [2.05, 4.69) is 10.1 Å². The van der Waals surface area contributed by atoms with E-state index in [1.165, 1.54) is 6.20 Å². The number of aromatic nitrogens is 3. The predicted octanol–water partition coefficient (Wildman–Crippen LogP) is 3.45. The molecule has 0 aliphatic heterocycles. The van der Waals surface area contributed by atoms with E-state index in [0.29, 0.717) is 10.9 Å². The molecule has 0 saturated carbocycles. The van der Waals surface area contributed by atoms with Crippen molar-refractivity contribution < 1.29 is 8.78 Å². The number of nitrogens with zero attached hydrogens (tertiary/aromatic N) is 2. The maximum absolute atomic E-state index is 14.0. The molecule has 0 spiro atoms. The van der Waals surface area contributed by atoms with Crippen LogP contribution in [0.1, 0.15) is 5.56 Å². The molecule has 2 aromatic carbocycles. The SMILES string of the molecule is Cc1ccc2ncc3c(=O)n(-c4cc(F)ccc4F)[nH]c3c2c1. The molecule has 0 unspecified atom stereocenters. The molecule has 4 aromatic rings. The Morgan fingerprint density at radius 3 is 2.74 bits per heavy atom. The van der Waals surface area contributed by atoms with E-state index >= 15 is 0 Å². The molecule has 4 rings (SSSR count). The molecule has 2 aromatic heterocycles. The van der Waals surface area contributed by atoms with E-state index in [1.54, 1.807) is 0 Å². The van der Waals surface area contributed by atoms with Gasteiger partial charge in [0.2, 0.25) is 0 Å². The van der Waals surface area contributed by atoms with E-state index in [1.807, 2.05) is 25.1 Å². The minimum atomic E-state index is -0.687. The zero-order valence-corrected chi connectivity index (χ0v) is 12.1. The predicted molar refractivity (Wildman–Crippen MR) is 83.8 cm³/mol. The van der Waals surface area contributed by atoms with E-state index < -0.39 is 17.2 Å². The Labute approximate surface area is 129 Å². The second kappa shape index (κ2) is 4.74. The van der Waals surface area contributed by atoms with Gasteiger partial charge in [-0.25, -0.2) is 13.5 Å². The Hall–Kier alpha value is -3.02. The van der Waals surface area contributed by atoms with Crippen LogP contribution in [0.5, 0.6) is 0 Å². The van der Waals surface area contributed by atoms with Crippen LogP contribution in [-0.4, -0.2) is 14.8 Å². The van der Waals surface area contributed by atoms with Crippen LogP contribution in [-0.2, 0) is 0 Å². The lowest BCUT2D eigenvalue weighted by Crippen LogP contribution is -2.15. The van der Waals surface area contributed by atoms with Gasteiger partial charge in [-0.2, -0.15) is 0 Å². The number of benzene rings is 2. The van der Waals surface area contributed by atoms with Gasteiger partial charge in [-0.15, -0.1) is 0 Å². The third-order valence-electron chi connectivity index (χ3n) is 3.83. The first-order valence-corrected chi connectivity index (χ1v) is 7.00. The van der Waals surface area contributed by atoms with Crippen molar-refractivity contribution in [1.82, 2.24) is 14.8 Å². The van der Waals surface area contributed by atoms with Crippen molar-refractivity contribution in [3.63, 3.8) is 0 Å². The molecule has 4 nitrogen and oxygen atoms in total. The molecule has 0 aliphatic rings. The topological polar surface area (TPSA) is 50.7 Å². The molecule has 0 saturated heterocycles. The normalized spacial score (nSPS) is 11.4. The summed E-state index contributed by atoms with van der Waals surface area (Å²) in [6.07, 6.45) is 1.44. The number of pyridine rings is 1. The Morgan fingerprint density at radius 1 is 1.09 bits per heavy atom. The highest BCUT2D eigenvalue weighted by Gasteiger charge is 2.15. The Kier molecular flexibility index (Phi) is 2.81. The zero-order valence-electron chi connectivity index (χ0n) is 12.1. The lowest BCUT2D eigenvalue weighted by molar-refractivity contribution is 0.585. The summed E-state index contributed by atoms with van der Waals surface area (Å²) in [6.45, 7) is 1.93. The summed E-state index contributed by atoms with van der Waals surface area (Å²) in [4.78, 5) is 16.8. The van der Waals surface area contributed by atoms with Gasteiger partial charge < -0.3 is 0 Å². The summed E-state index contributed by atoms with van der Waals surface area (Å²) in [7, 11) is 0. The average molecular weight is 311 g/mol. The molecule has 0 amide bonds. The number of rotatable bonds is 1. The Morgan fingerprint density at radius 2 is 1.91 bits per heavy atom. The molecule has 0 radical (unpaired) electrons. The second-order valence-electron chi connectivity index (χ2n) is 5.42. The van der Waals surface area contributed by atoms with Crippen molar-refractivity contribution in [1.29, 1.82) is 0 Å². The maximum Gasteiger partial charge on any atom is 0.280 e. The first-order valence-electron chi connectivity index (χ1n) is 7.00. The number of aryl methyl sites for hydroxylation is 1. The van der Waals surface area contributed by atoms with Crippen molar-refractivity contribution >= 4 is 21.8 Å². The standard InChI is InChI=1S/C17H11F2N3O/c1-9-2-5-14-11(6-9)16-12(8-20-14)17(23)22(21-16)15-7-10(18)3-4-13(15)19/h2-8,21H,1H3. The third-order valence-corrected chi connectivity index (χ3v) is 3.83. The third kappa shape index (κ3) is 2.03. The van der Waals surface area contributed by atoms with Gasteiger partial charge in [-0.05, 0) is 31.2 Å². The molecule has 0 aliphatic carbocycles. The van der Waals surface area contributed by atoms with Crippen LogP contribution in [0.2, 0.25) is 0 Å². The number of hydrogen-bond donors (Lipinski definition) is 1. The van der Waals surface area contributed by atoms with E-state index in [0.717, 1.165) is 39.3 Å². The summed E-state index contributed by atoms with van der Waals surface area (Å²) in [5, 5.41) is 3.96. The number of aromatic amines is 1. The molecular formula is C17H11F2N3O. The number of fused-ring (bicyclic) bond motifs is 3. The fraction of sp³-hybridized carbons (Fsp3) is 0.0588. The number of H-pyrrole nitrogens is 1. The van der Waals surface area contributed by atoms with Gasteiger partial charge >= 0.3 is 0 Å². The van der Waals surface area contributed by atoms with E-state index in [-0.39, 0.29) is 5.69 Å². The molecule has 0 atom stereocenters. The van der Waals surface area contributed by atoms with E-state index in [9.17, 15) is 13.6 Å². The highest BCUT2D eigenvalue weighted by molar-refractivity contribution is 6.03. The lowest BCUT2D eigenvalue weighted by Gasteiger charge is -2.03. The molecule has 114 valence electrons. The van der Waals surface area contributed by atoms with Crippen molar-refractivity contribution in [3.05, 3.63) is 70.1 Å². The Bertz CT molecular complexity index is 1130. The van der Waals surface area contributed by atoms with Crippen molar-refractivity contribution in [2.75, 3.05) is 0 Å². The monoisotopic (exact) mass is 311 g/mol. The molecule has 2 heterocycles. The van der Waals surface area contributed by atoms with Gasteiger partial charge in [-0.1, -0.05) is 11.6 Å². The molecule has 0 fully saturated rings.